The molecule has 0 radical (unpaired) electrons. The van der Waals surface area contributed by atoms with Crippen molar-refractivity contribution in [2.24, 2.45) is 0 Å². The van der Waals surface area contributed by atoms with Gasteiger partial charge in [0.1, 0.15) is 11.6 Å². The second kappa shape index (κ2) is 9.70. The van der Waals surface area contributed by atoms with E-state index in [9.17, 15) is 13.6 Å². The van der Waals surface area contributed by atoms with E-state index in [1.807, 2.05) is 18.2 Å². The van der Waals surface area contributed by atoms with Crippen LogP contribution in [0.1, 0.15) is 18.0 Å². The Hall–Kier alpha value is -3.58. The molecule has 32 heavy (non-hydrogen) atoms. The number of hydrogen-bond acceptors (Lipinski definition) is 4. The molecule has 0 aliphatic rings. The van der Waals surface area contributed by atoms with Crippen LogP contribution in [0, 0.1) is 11.6 Å². The number of carbonyl (C=O) groups excluding carboxylic acids is 1. The smallest absolute Gasteiger partial charge is 0.227 e. The molecule has 0 fully saturated rings. The molecule has 4 rings (SSSR count). The summed E-state index contributed by atoms with van der Waals surface area (Å²) in [5.74, 6) is -1.08. The zero-order valence-electron chi connectivity index (χ0n) is 16.8. The van der Waals surface area contributed by atoms with Gasteiger partial charge in [-0.3, -0.25) is 9.78 Å². The normalized spacial score (nSPS) is 10.8. The summed E-state index contributed by atoms with van der Waals surface area (Å²) in [6.07, 6.45) is 3.34. The monoisotopic (exact) mass is 453 g/mol. The summed E-state index contributed by atoms with van der Waals surface area (Å²) >= 11 is 6.19. The lowest BCUT2D eigenvalue weighted by Crippen LogP contribution is -2.31. The van der Waals surface area contributed by atoms with Gasteiger partial charge in [-0.15, -0.1) is 0 Å². The van der Waals surface area contributed by atoms with Gasteiger partial charge in [-0.1, -0.05) is 29.8 Å². The van der Waals surface area contributed by atoms with Crippen molar-refractivity contribution in [1.82, 2.24) is 9.97 Å². The van der Waals surface area contributed by atoms with Gasteiger partial charge in [-0.2, -0.15) is 0 Å². The first-order valence-electron chi connectivity index (χ1n) is 9.86. The summed E-state index contributed by atoms with van der Waals surface area (Å²) in [4.78, 5) is 22.7. The molecule has 0 N–H and O–H groups in total. The number of oxazole rings is 1. The van der Waals surface area contributed by atoms with Gasteiger partial charge >= 0.3 is 0 Å². The highest BCUT2D eigenvalue weighted by Crippen LogP contribution is 2.28. The first-order valence-corrected chi connectivity index (χ1v) is 10.2. The lowest BCUT2D eigenvalue weighted by Gasteiger charge is -2.23. The minimum atomic E-state index is -0.827. The Morgan fingerprint density at radius 2 is 1.84 bits per heavy atom. The van der Waals surface area contributed by atoms with E-state index in [-0.39, 0.29) is 31.0 Å². The summed E-state index contributed by atoms with van der Waals surface area (Å²) in [5, 5.41) is 0.527. The van der Waals surface area contributed by atoms with Gasteiger partial charge in [0.2, 0.25) is 5.91 Å². The standard InChI is InChI=1S/C24H18ClF2N3O2/c25-19-7-2-1-6-18(19)22-14-29-23(32-22)10-11-24(31)30(15-17-5-3-4-12-28-17)21-9-8-16(26)13-20(21)27/h1-9,12-14H,10-11,15H2. The number of rotatable bonds is 7. The third-order valence-corrected chi connectivity index (χ3v) is 5.12. The molecule has 0 aliphatic carbocycles. The number of nitrogens with zero attached hydrogens (tertiary/aromatic N) is 3. The Kier molecular flexibility index (Phi) is 6.56. The molecule has 2 aromatic carbocycles. The quantitative estimate of drug-likeness (QED) is 0.353. The fourth-order valence-corrected chi connectivity index (χ4v) is 3.45. The summed E-state index contributed by atoms with van der Waals surface area (Å²) in [7, 11) is 0. The van der Waals surface area contributed by atoms with Crippen LogP contribution in [0.2, 0.25) is 5.02 Å². The third kappa shape index (κ3) is 5.00. The van der Waals surface area contributed by atoms with E-state index in [1.54, 1.807) is 36.7 Å². The van der Waals surface area contributed by atoms with Crippen LogP contribution < -0.4 is 4.90 Å². The van der Waals surface area contributed by atoms with Crippen LogP contribution >= 0.6 is 11.6 Å². The van der Waals surface area contributed by atoms with Crippen LogP contribution in [-0.2, 0) is 17.8 Å². The molecular formula is C24H18ClF2N3O2. The lowest BCUT2D eigenvalue weighted by atomic mass is 10.2. The molecule has 2 heterocycles. The van der Waals surface area contributed by atoms with Crippen LogP contribution in [0.5, 0.6) is 0 Å². The van der Waals surface area contributed by atoms with Gasteiger partial charge in [0, 0.05) is 30.7 Å². The summed E-state index contributed by atoms with van der Waals surface area (Å²) < 4.78 is 33.6. The Morgan fingerprint density at radius 1 is 1.03 bits per heavy atom. The second-order valence-electron chi connectivity index (χ2n) is 6.99. The Labute approximate surface area is 188 Å². The highest BCUT2D eigenvalue weighted by Gasteiger charge is 2.21. The maximum absolute atomic E-state index is 14.5. The molecule has 162 valence electrons. The van der Waals surface area contributed by atoms with E-state index in [4.69, 9.17) is 16.0 Å². The molecule has 0 unspecified atom stereocenters. The number of aryl methyl sites for hydroxylation is 1. The number of amides is 1. The summed E-state index contributed by atoms with van der Waals surface area (Å²) in [6.45, 7) is 0.0404. The zero-order chi connectivity index (χ0) is 22.5. The van der Waals surface area contributed by atoms with E-state index in [0.717, 1.165) is 12.1 Å². The second-order valence-corrected chi connectivity index (χ2v) is 7.40. The van der Waals surface area contributed by atoms with Crippen molar-refractivity contribution in [1.29, 1.82) is 0 Å². The minimum Gasteiger partial charge on any atom is -0.441 e. The molecule has 2 aromatic heterocycles. The van der Waals surface area contributed by atoms with Crippen LogP contribution in [0.3, 0.4) is 0 Å². The van der Waals surface area contributed by atoms with E-state index in [2.05, 4.69) is 9.97 Å². The van der Waals surface area contributed by atoms with Crippen LogP contribution in [0.25, 0.3) is 11.3 Å². The van der Waals surface area contributed by atoms with Gasteiger partial charge in [0.15, 0.2) is 11.7 Å². The lowest BCUT2D eigenvalue weighted by molar-refractivity contribution is -0.118. The number of aromatic nitrogens is 2. The number of halogens is 3. The van der Waals surface area contributed by atoms with Crippen molar-refractivity contribution in [3.8, 4) is 11.3 Å². The van der Waals surface area contributed by atoms with Gasteiger partial charge < -0.3 is 9.32 Å². The average Bonchev–Trinajstić information content (AvgIpc) is 3.26. The van der Waals surface area contributed by atoms with E-state index in [1.165, 1.54) is 11.0 Å². The molecule has 0 saturated heterocycles. The SMILES string of the molecule is O=C(CCc1ncc(-c2ccccc2Cl)o1)N(Cc1ccccn1)c1ccc(F)cc1F. The summed E-state index contributed by atoms with van der Waals surface area (Å²) in [6, 6.07) is 15.5. The number of benzene rings is 2. The predicted octanol–water partition coefficient (Wildman–Crippen LogP) is 5.83. The zero-order valence-corrected chi connectivity index (χ0v) is 17.6. The molecule has 0 atom stereocenters. The molecule has 0 aliphatic heterocycles. The summed E-state index contributed by atoms with van der Waals surface area (Å²) in [5.41, 5.74) is 1.25. The fourth-order valence-electron chi connectivity index (χ4n) is 3.22. The Morgan fingerprint density at radius 3 is 2.59 bits per heavy atom. The maximum atomic E-state index is 14.5. The van der Waals surface area contributed by atoms with Crippen LogP contribution in [0.4, 0.5) is 14.5 Å². The Bertz CT molecular complexity index is 1230. The number of carbonyl (C=O) groups is 1. The van der Waals surface area contributed by atoms with Crippen molar-refractivity contribution < 1.29 is 18.0 Å². The molecular weight excluding hydrogens is 436 g/mol. The van der Waals surface area contributed by atoms with Gasteiger partial charge in [-0.05, 0) is 36.4 Å². The van der Waals surface area contributed by atoms with E-state index < -0.39 is 11.6 Å². The number of pyridine rings is 1. The molecule has 0 saturated carbocycles. The van der Waals surface area contributed by atoms with Crippen molar-refractivity contribution in [3.05, 3.63) is 101 Å². The average molecular weight is 454 g/mol. The van der Waals surface area contributed by atoms with E-state index >= 15 is 0 Å². The van der Waals surface area contributed by atoms with Crippen molar-refractivity contribution >= 4 is 23.2 Å². The predicted molar refractivity (Wildman–Crippen MR) is 117 cm³/mol. The van der Waals surface area contributed by atoms with Crippen molar-refractivity contribution in [2.75, 3.05) is 4.90 Å². The third-order valence-electron chi connectivity index (χ3n) is 4.79. The fraction of sp³-hybridized carbons (Fsp3) is 0.125. The largest absolute Gasteiger partial charge is 0.441 e. The van der Waals surface area contributed by atoms with Crippen LogP contribution in [-0.4, -0.2) is 15.9 Å². The molecule has 1 amide bonds. The number of hydrogen-bond donors (Lipinski definition) is 0. The highest BCUT2D eigenvalue weighted by molar-refractivity contribution is 6.33. The highest BCUT2D eigenvalue weighted by atomic mass is 35.5. The topological polar surface area (TPSA) is 59.2 Å². The minimum absolute atomic E-state index is 0.00608. The van der Waals surface area contributed by atoms with Crippen molar-refractivity contribution in [3.63, 3.8) is 0 Å². The van der Waals surface area contributed by atoms with Gasteiger partial charge in [0.25, 0.3) is 0 Å². The van der Waals surface area contributed by atoms with Crippen LogP contribution in [0.15, 0.2) is 77.5 Å². The first-order chi connectivity index (χ1) is 15.5. The molecule has 5 nitrogen and oxygen atoms in total. The van der Waals surface area contributed by atoms with Crippen molar-refractivity contribution in [2.45, 2.75) is 19.4 Å². The Balaban J connectivity index is 1.52. The number of anilines is 1. The maximum Gasteiger partial charge on any atom is 0.227 e. The molecule has 0 spiro atoms. The molecule has 8 heteroatoms. The molecule has 0 bridgehead atoms. The first kappa shape index (κ1) is 21.6. The molecule has 4 aromatic rings. The van der Waals surface area contributed by atoms with E-state index in [0.29, 0.717) is 27.9 Å². The van der Waals surface area contributed by atoms with Gasteiger partial charge in [0.05, 0.1) is 29.1 Å². The van der Waals surface area contributed by atoms with Gasteiger partial charge in [-0.25, -0.2) is 13.8 Å².